The molecule has 3 aliphatic heterocycles. The van der Waals surface area contributed by atoms with E-state index in [1.807, 2.05) is 20.8 Å². The minimum Gasteiger partial charge on any atom is -0.328 e. The molecule has 13 nitrogen and oxygen atoms in total. The predicted octanol–water partition coefficient (Wildman–Crippen LogP) is 1.83. The van der Waals surface area contributed by atoms with Gasteiger partial charge in [0.25, 0.3) is 35.4 Å². The monoisotopic (exact) mass is 654 g/mol. The maximum atomic E-state index is 12.5. The average molecular weight is 655 g/mol. The van der Waals surface area contributed by atoms with Crippen LogP contribution in [0.25, 0.3) is 0 Å². The van der Waals surface area contributed by atoms with Gasteiger partial charge in [-0.15, -0.1) is 0 Å². The van der Waals surface area contributed by atoms with Gasteiger partial charge in [0.2, 0.25) is 0 Å². The van der Waals surface area contributed by atoms with Crippen molar-refractivity contribution < 1.29 is 43.2 Å². The number of carbonyl (C=O) groups excluding carboxylic acids is 9. The van der Waals surface area contributed by atoms with E-state index in [2.05, 4.69) is 0 Å². The second kappa shape index (κ2) is 14.2. The maximum Gasteiger partial charge on any atom is 0.254 e. The molecule has 4 rings (SSSR count). The summed E-state index contributed by atoms with van der Waals surface area (Å²) >= 11 is 0. The predicted molar refractivity (Wildman–Crippen MR) is 171 cm³/mol. The van der Waals surface area contributed by atoms with Gasteiger partial charge in [0.05, 0.1) is 6.54 Å². The second-order valence-electron chi connectivity index (χ2n) is 14.8. The number of imide groups is 3. The highest BCUT2D eigenvalue weighted by atomic mass is 16.2. The highest BCUT2D eigenvalue weighted by Gasteiger charge is 2.56. The maximum absolute atomic E-state index is 12.5. The van der Waals surface area contributed by atoms with Crippen molar-refractivity contribution in [3.8, 4) is 0 Å². The average Bonchev–Trinajstić information content (AvgIpc) is 3.55. The normalized spacial score (nSPS) is 19.4. The van der Waals surface area contributed by atoms with Gasteiger partial charge < -0.3 is 5.73 Å². The van der Waals surface area contributed by atoms with Crippen molar-refractivity contribution >= 4 is 52.8 Å². The van der Waals surface area contributed by atoms with Gasteiger partial charge >= 0.3 is 0 Å². The number of ketones is 3. The number of Topliss-reactive ketones (excluding diaryl/α,β-unsaturated/α-hetero) is 3. The number of nitrogens with zero attached hydrogens (tertiary/aromatic N) is 3. The second-order valence-corrected chi connectivity index (χ2v) is 14.8. The van der Waals surface area contributed by atoms with E-state index in [-0.39, 0.29) is 42.3 Å². The van der Waals surface area contributed by atoms with E-state index in [1.165, 1.54) is 24.3 Å². The van der Waals surface area contributed by atoms with Crippen LogP contribution in [-0.2, 0) is 43.2 Å². The third-order valence-corrected chi connectivity index (χ3v) is 7.98. The molecule has 0 saturated heterocycles. The van der Waals surface area contributed by atoms with Crippen LogP contribution >= 0.6 is 0 Å². The van der Waals surface area contributed by atoms with Crippen molar-refractivity contribution in [1.82, 2.24) is 14.7 Å². The molecule has 6 amide bonds. The molecule has 3 heterocycles. The Morgan fingerprint density at radius 2 is 1.06 bits per heavy atom. The Morgan fingerprint density at radius 3 is 1.38 bits per heavy atom. The zero-order valence-electron chi connectivity index (χ0n) is 28.7. The van der Waals surface area contributed by atoms with Crippen LogP contribution in [0.3, 0.4) is 0 Å². The Hall–Kier alpha value is -4.39. The summed E-state index contributed by atoms with van der Waals surface area (Å²) in [5.74, 6) is -2.82. The molecule has 0 radical (unpaired) electrons. The van der Waals surface area contributed by atoms with Crippen LogP contribution in [0, 0.1) is 16.2 Å². The molecule has 256 valence electrons. The Labute approximate surface area is 275 Å². The van der Waals surface area contributed by atoms with Crippen molar-refractivity contribution in [1.29, 1.82) is 0 Å². The highest BCUT2D eigenvalue weighted by molar-refractivity contribution is 6.17. The fourth-order valence-electron chi connectivity index (χ4n) is 5.10. The molecule has 1 aliphatic carbocycles. The molecule has 0 bridgehead atoms. The minimum atomic E-state index is -0.879. The van der Waals surface area contributed by atoms with Gasteiger partial charge in [-0.3, -0.25) is 57.9 Å². The topological polar surface area (TPSA) is 189 Å². The number of amides is 6. The molecular formula is C34H46N4O9. The summed E-state index contributed by atoms with van der Waals surface area (Å²) in [6.45, 7) is 15.8. The molecule has 0 spiro atoms. The van der Waals surface area contributed by atoms with Crippen LogP contribution in [-0.4, -0.2) is 92.2 Å². The molecule has 1 unspecified atom stereocenters. The zero-order valence-corrected chi connectivity index (χ0v) is 28.7. The van der Waals surface area contributed by atoms with Crippen LogP contribution in [0.1, 0.15) is 81.6 Å². The van der Waals surface area contributed by atoms with Gasteiger partial charge in [0, 0.05) is 59.2 Å². The first kappa shape index (κ1) is 38.8. The molecule has 1 saturated carbocycles. The molecule has 0 aromatic rings. The lowest BCUT2D eigenvalue weighted by Gasteiger charge is -2.48. The molecule has 1 atom stereocenters. The Balaban J connectivity index is 0.000000246. The Kier molecular flexibility index (Phi) is 11.7. The lowest BCUT2D eigenvalue weighted by Crippen LogP contribution is -2.63. The number of hydrogen-bond acceptors (Lipinski definition) is 10. The summed E-state index contributed by atoms with van der Waals surface area (Å²) in [6, 6.07) is -0.866. The van der Waals surface area contributed by atoms with E-state index in [4.69, 9.17) is 5.73 Å². The molecule has 0 aromatic carbocycles. The van der Waals surface area contributed by atoms with Crippen LogP contribution in [0.5, 0.6) is 0 Å². The van der Waals surface area contributed by atoms with Crippen molar-refractivity contribution in [2.24, 2.45) is 22.0 Å². The molecule has 4 aliphatic rings. The molecular weight excluding hydrogens is 608 g/mol. The van der Waals surface area contributed by atoms with Crippen LogP contribution in [0.2, 0.25) is 0 Å². The summed E-state index contributed by atoms with van der Waals surface area (Å²) in [4.78, 5) is 108. The fourth-order valence-corrected chi connectivity index (χ4v) is 5.10. The lowest BCUT2D eigenvalue weighted by atomic mass is 9.65. The summed E-state index contributed by atoms with van der Waals surface area (Å²) in [5, 5.41) is 0. The minimum absolute atomic E-state index is 0.0124. The first-order chi connectivity index (χ1) is 21.4. The smallest absolute Gasteiger partial charge is 0.254 e. The highest BCUT2D eigenvalue weighted by Crippen LogP contribution is 2.44. The fraction of sp³-hybridized carbons (Fsp3) is 0.559. The van der Waals surface area contributed by atoms with Crippen molar-refractivity contribution in [3.63, 3.8) is 0 Å². The standard InChI is InChI=1S/C13H17NO3.C11H16N2O3.C10H13NO3/c1-12(2,3)11(17)13(7-4-8-13)14-9(15)5-6-10(14)16;1-11(2,3)10(16)7(6-12)13-8(14)4-5-9(13)15;1-10(2,3)7(12)6-11-8(13)4-5-9(11)14/h5-6H,4,7-8H2,1-3H3;4-5,7H,6,12H2,1-3H3;4-5H,6H2,1-3H3. The summed E-state index contributed by atoms with van der Waals surface area (Å²) in [5.41, 5.74) is 2.91. The van der Waals surface area contributed by atoms with Crippen LogP contribution in [0.4, 0.5) is 0 Å². The summed E-state index contributed by atoms with van der Waals surface area (Å²) in [7, 11) is 0. The zero-order chi connectivity index (χ0) is 36.3. The van der Waals surface area contributed by atoms with Gasteiger partial charge in [-0.2, -0.15) is 0 Å². The first-order valence-corrected chi connectivity index (χ1v) is 15.4. The van der Waals surface area contributed by atoms with Crippen LogP contribution < -0.4 is 5.73 Å². The Morgan fingerprint density at radius 1 is 0.660 bits per heavy atom. The number of hydrogen-bond donors (Lipinski definition) is 1. The largest absolute Gasteiger partial charge is 0.328 e. The van der Waals surface area contributed by atoms with Gasteiger partial charge in [-0.25, -0.2) is 0 Å². The van der Waals surface area contributed by atoms with Crippen molar-refractivity contribution in [3.05, 3.63) is 36.5 Å². The Bertz CT molecular complexity index is 1410. The van der Waals surface area contributed by atoms with Crippen molar-refractivity contribution in [2.75, 3.05) is 13.1 Å². The third-order valence-electron chi connectivity index (χ3n) is 7.98. The number of carbonyl (C=O) groups is 9. The van der Waals surface area contributed by atoms with E-state index in [1.54, 1.807) is 41.5 Å². The molecule has 1 fully saturated rings. The van der Waals surface area contributed by atoms with Gasteiger partial charge in [0.15, 0.2) is 17.3 Å². The quantitative estimate of drug-likeness (QED) is 0.397. The summed E-state index contributed by atoms with van der Waals surface area (Å²) in [6.07, 6.45) is 9.25. The number of rotatable bonds is 7. The molecule has 13 heteroatoms. The van der Waals surface area contributed by atoms with Gasteiger partial charge in [-0.05, 0) is 19.3 Å². The molecule has 47 heavy (non-hydrogen) atoms. The van der Waals surface area contributed by atoms with Gasteiger partial charge in [0.1, 0.15) is 11.6 Å². The molecule has 0 aromatic heterocycles. The van der Waals surface area contributed by atoms with E-state index in [9.17, 15) is 43.2 Å². The van der Waals surface area contributed by atoms with E-state index in [0.29, 0.717) is 12.8 Å². The van der Waals surface area contributed by atoms with Crippen molar-refractivity contribution in [2.45, 2.75) is 93.2 Å². The van der Waals surface area contributed by atoms with Gasteiger partial charge in [-0.1, -0.05) is 62.3 Å². The summed E-state index contributed by atoms with van der Waals surface area (Å²) < 4.78 is 0. The first-order valence-electron chi connectivity index (χ1n) is 15.4. The molecule has 2 N–H and O–H groups in total. The number of nitrogens with two attached hydrogens (primary N) is 1. The SMILES string of the molecule is CC(C)(C)C(=O)C(CN)N1C(=O)C=CC1=O.CC(C)(C)C(=O)C1(N2C(=O)C=CC2=O)CCC1.CC(C)(C)C(=O)CN1C(=O)C=CC1=O. The van der Waals surface area contributed by atoms with Crippen LogP contribution in [0.15, 0.2) is 36.5 Å². The van der Waals surface area contributed by atoms with E-state index >= 15 is 0 Å². The van der Waals surface area contributed by atoms with E-state index < -0.39 is 51.5 Å². The lowest BCUT2D eigenvalue weighted by molar-refractivity contribution is -0.160. The third kappa shape index (κ3) is 8.70. The van der Waals surface area contributed by atoms with E-state index in [0.717, 1.165) is 33.3 Å².